The first-order chi connectivity index (χ1) is 15.2. The van der Waals surface area contributed by atoms with Crippen molar-refractivity contribution in [2.45, 2.75) is 6.92 Å². The summed E-state index contributed by atoms with van der Waals surface area (Å²) in [7, 11) is 0. The third-order valence-corrected chi connectivity index (χ3v) is 4.66. The van der Waals surface area contributed by atoms with Gasteiger partial charge in [0.15, 0.2) is 10.9 Å². The average molecular weight is 431 g/mol. The van der Waals surface area contributed by atoms with Crippen LogP contribution in [0.15, 0.2) is 72.8 Å². The van der Waals surface area contributed by atoms with Crippen molar-refractivity contribution in [3.63, 3.8) is 0 Å². The van der Waals surface area contributed by atoms with Crippen molar-refractivity contribution in [3.8, 4) is 11.6 Å². The number of aromatic nitrogens is 3. The van der Waals surface area contributed by atoms with E-state index in [2.05, 4.69) is 37.2 Å². The van der Waals surface area contributed by atoms with E-state index in [1.165, 1.54) is 0 Å². The molecule has 2 aromatic carbocycles. The van der Waals surface area contributed by atoms with E-state index >= 15 is 0 Å². The number of hydrogen-bond donors (Lipinski definition) is 3. The van der Waals surface area contributed by atoms with Crippen LogP contribution in [0.4, 0.5) is 11.5 Å². The van der Waals surface area contributed by atoms with E-state index < -0.39 is 0 Å². The maximum atomic E-state index is 5.64. The molecule has 0 saturated carbocycles. The molecule has 0 saturated heterocycles. The number of ether oxygens (including phenoxy) is 1. The van der Waals surface area contributed by atoms with Crippen molar-refractivity contribution in [1.29, 1.82) is 0 Å². The van der Waals surface area contributed by atoms with E-state index in [9.17, 15) is 0 Å². The molecule has 0 fully saturated rings. The largest absolute Gasteiger partial charge is 0.438 e. The van der Waals surface area contributed by atoms with Crippen molar-refractivity contribution in [2.75, 3.05) is 23.7 Å². The van der Waals surface area contributed by atoms with Gasteiger partial charge in [-0.15, -0.1) is 10.2 Å². The number of thiocarbonyl (C=S) groups is 1. The highest BCUT2D eigenvalue weighted by atomic mass is 32.1. The van der Waals surface area contributed by atoms with E-state index in [4.69, 9.17) is 17.0 Å². The van der Waals surface area contributed by atoms with E-state index in [-0.39, 0.29) is 0 Å². The predicted octanol–water partition coefficient (Wildman–Crippen LogP) is 4.52. The van der Waals surface area contributed by atoms with Crippen LogP contribution in [0.25, 0.3) is 10.9 Å². The van der Waals surface area contributed by atoms with Gasteiger partial charge in [0.25, 0.3) is 0 Å². The van der Waals surface area contributed by atoms with E-state index in [0.29, 0.717) is 35.6 Å². The Labute approximate surface area is 185 Å². The summed E-state index contributed by atoms with van der Waals surface area (Å²) in [5.41, 5.74) is 3.02. The molecular formula is C23H22N6OS. The first-order valence-corrected chi connectivity index (χ1v) is 10.3. The molecule has 0 aliphatic heterocycles. The predicted molar refractivity (Wildman–Crippen MR) is 128 cm³/mol. The molecule has 0 spiro atoms. The molecule has 2 heterocycles. The summed E-state index contributed by atoms with van der Waals surface area (Å²) in [5.74, 6) is 1.67. The zero-order valence-electron chi connectivity index (χ0n) is 17.0. The van der Waals surface area contributed by atoms with Gasteiger partial charge in [-0.2, -0.15) is 0 Å². The molecule has 3 N–H and O–H groups in total. The lowest BCUT2D eigenvalue weighted by Crippen LogP contribution is -2.32. The monoisotopic (exact) mass is 430 g/mol. The lowest BCUT2D eigenvalue weighted by atomic mass is 10.1. The second-order valence-corrected chi connectivity index (χ2v) is 7.22. The normalized spacial score (nSPS) is 10.5. The third-order valence-electron chi connectivity index (χ3n) is 4.42. The molecule has 4 aromatic rings. The highest BCUT2D eigenvalue weighted by Gasteiger charge is 2.04. The van der Waals surface area contributed by atoms with Gasteiger partial charge in [-0.05, 0) is 49.5 Å². The van der Waals surface area contributed by atoms with Crippen LogP contribution in [-0.2, 0) is 0 Å². The van der Waals surface area contributed by atoms with Crippen molar-refractivity contribution >= 4 is 39.7 Å². The average Bonchev–Trinajstić information content (AvgIpc) is 2.78. The summed E-state index contributed by atoms with van der Waals surface area (Å²) in [6, 6.07) is 23.1. The second-order valence-electron chi connectivity index (χ2n) is 6.81. The van der Waals surface area contributed by atoms with Crippen molar-refractivity contribution in [3.05, 3.63) is 78.5 Å². The van der Waals surface area contributed by atoms with Crippen molar-refractivity contribution in [1.82, 2.24) is 20.5 Å². The zero-order chi connectivity index (χ0) is 21.5. The molecule has 4 rings (SSSR count). The Bertz CT molecular complexity index is 1170. The Kier molecular flexibility index (Phi) is 6.49. The maximum absolute atomic E-state index is 5.64. The first-order valence-electron chi connectivity index (χ1n) is 9.89. The molecule has 0 aliphatic rings. The van der Waals surface area contributed by atoms with Crippen LogP contribution in [0.5, 0.6) is 11.6 Å². The molecule has 8 heteroatoms. The molecule has 0 unspecified atom stereocenters. The number of benzene rings is 2. The minimum atomic E-state index is 0.416. The number of anilines is 2. The molecule has 31 heavy (non-hydrogen) atoms. The lowest BCUT2D eigenvalue weighted by molar-refractivity contribution is 0.455. The minimum absolute atomic E-state index is 0.416. The van der Waals surface area contributed by atoms with Gasteiger partial charge in [0.1, 0.15) is 5.75 Å². The Morgan fingerprint density at radius 3 is 2.55 bits per heavy atom. The van der Waals surface area contributed by atoms with E-state index in [1.807, 2.05) is 61.5 Å². The van der Waals surface area contributed by atoms with Crippen LogP contribution in [0.2, 0.25) is 0 Å². The SMILES string of the molecule is Cc1cc(NCCNC(=S)Nc2ccc(Oc3ccccc3)nn2)c2ccccc2n1. The molecule has 0 radical (unpaired) electrons. The van der Waals surface area contributed by atoms with Gasteiger partial charge in [0.05, 0.1) is 5.52 Å². The first kappa shape index (κ1) is 20.5. The van der Waals surface area contributed by atoms with Crippen LogP contribution in [-0.4, -0.2) is 33.4 Å². The molecule has 7 nitrogen and oxygen atoms in total. The summed E-state index contributed by atoms with van der Waals surface area (Å²) in [6.45, 7) is 3.33. The molecule has 156 valence electrons. The quantitative estimate of drug-likeness (QED) is 0.291. The molecule has 0 amide bonds. The fraction of sp³-hybridized carbons (Fsp3) is 0.130. The summed E-state index contributed by atoms with van der Waals surface area (Å²) in [4.78, 5) is 4.56. The number of aryl methyl sites for hydroxylation is 1. The molecule has 0 atom stereocenters. The summed E-state index contributed by atoms with van der Waals surface area (Å²) in [5, 5.41) is 19.4. The maximum Gasteiger partial charge on any atom is 0.238 e. The number of para-hydroxylation sites is 2. The standard InChI is InChI=1S/C23H22N6OS/c1-16-15-20(18-9-5-6-10-19(18)26-16)24-13-14-25-23(31)27-21-11-12-22(29-28-21)30-17-7-3-2-4-8-17/h2-12,15H,13-14H2,1H3,(H,24,26)(H2,25,27,28,31). The van der Waals surface area contributed by atoms with Crippen LogP contribution >= 0.6 is 12.2 Å². The van der Waals surface area contributed by atoms with Gasteiger partial charge < -0.3 is 20.7 Å². The van der Waals surface area contributed by atoms with Crippen LogP contribution in [0.1, 0.15) is 5.69 Å². The Balaban J connectivity index is 1.24. The third kappa shape index (κ3) is 5.64. The van der Waals surface area contributed by atoms with Crippen molar-refractivity contribution in [2.24, 2.45) is 0 Å². The van der Waals surface area contributed by atoms with Gasteiger partial charge in [-0.3, -0.25) is 4.98 Å². The van der Waals surface area contributed by atoms with Crippen molar-refractivity contribution < 1.29 is 4.74 Å². The minimum Gasteiger partial charge on any atom is -0.438 e. The van der Waals surface area contributed by atoms with Gasteiger partial charge in [0, 0.05) is 35.9 Å². The van der Waals surface area contributed by atoms with Crippen LogP contribution < -0.4 is 20.7 Å². The molecule has 0 bridgehead atoms. The number of fused-ring (bicyclic) bond motifs is 1. The highest BCUT2D eigenvalue weighted by Crippen LogP contribution is 2.22. The summed E-state index contributed by atoms with van der Waals surface area (Å²) in [6.07, 6.45) is 0. The Hall–Kier alpha value is -3.78. The highest BCUT2D eigenvalue weighted by molar-refractivity contribution is 7.80. The Morgan fingerprint density at radius 1 is 0.935 bits per heavy atom. The van der Waals surface area contributed by atoms with Crippen LogP contribution in [0.3, 0.4) is 0 Å². The Morgan fingerprint density at radius 2 is 1.74 bits per heavy atom. The number of pyridine rings is 1. The fourth-order valence-electron chi connectivity index (χ4n) is 3.04. The number of hydrogen-bond acceptors (Lipinski definition) is 6. The summed E-state index contributed by atoms with van der Waals surface area (Å²) >= 11 is 5.34. The number of rotatable bonds is 7. The lowest BCUT2D eigenvalue weighted by Gasteiger charge is -2.13. The van der Waals surface area contributed by atoms with E-state index in [0.717, 1.165) is 22.3 Å². The summed E-state index contributed by atoms with van der Waals surface area (Å²) < 4.78 is 5.64. The van der Waals surface area contributed by atoms with Gasteiger partial charge in [-0.1, -0.05) is 36.4 Å². The zero-order valence-corrected chi connectivity index (χ0v) is 17.8. The number of nitrogens with zero attached hydrogens (tertiary/aromatic N) is 3. The molecular weight excluding hydrogens is 408 g/mol. The fourth-order valence-corrected chi connectivity index (χ4v) is 3.24. The van der Waals surface area contributed by atoms with Crippen LogP contribution in [0, 0.1) is 6.92 Å². The molecule has 0 aliphatic carbocycles. The van der Waals surface area contributed by atoms with Gasteiger partial charge >= 0.3 is 0 Å². The molecule has 2 aromatic heterocycles. The van der Waals surface area contributed by atoms with Gasteiger partial charge in [-0.25, -0.2) is 0 Å². The number of nitrogens with one attached hydrogen (secondary N) is 3. The second kappa shape index (κ2) is 9.82. The van der Waals surface area contributed by atoms with E-state index in [1.54, 1.807) is 12.1 Å². The topological polar surface area (TPSA) is 84.0 Å². The smallest absolute Gasteiger partial charge is 0.238 e. The van der Waals surface area contributed by atoms with Gasteiger partial charge in [0.2, 0.25) is 5.88 Å².